The highest BCUT2D eigenvalue weighted by Gasteiger charge is 2.21. The Hall–Kier alpha value is -6.43. The van der Waals surface area contributed by atoms with Crippen LogP contribution in [0.2, 0.25) is 0 Å². The van der Waals surface area contributed by atoms with Crippen molar-refractivity contribution in [2.75, 3.05) is 18.2 Å². The van der Waals surface area contributed by atoms with E-state index in [1.165, 1.54) is 50.5 Å². The first-order valence-corrected chi connectivity index (χ1v) is 24.8. The van der Waals surface area contributed by atoms with Gasteiger partial charge in [0.25, 0.3) is 0 Å². The predicted octanol–water partition coefficient (Wildman–Crippen LogP) is 15.4. The van der Waals surface area contributed by atoms with E-state index in [9.17, 15) is 4.79 Å². The number of carbonyl (C=O) groups is 1. The molecular formula is C59H59F2N3O2S. The maximum Gasteiger partial charge on any atom is 0.333 e. The number of aromatic nitrogens is 1. The summed E-state index contributed by atoms with van der Waals surface area (Å²) in [7, 11) is 0. The number of esters is 1. The number of rotatable bonds is 18. The number of hydrogen-bond acceptors (Lipinski definition) is 6. The molecule has 67 heavy (non-hydrogen) atoms. The van der Waals surface area contributed by atoms with Crippen LogP contribution in [0.1, 0.15) is 112 Å². The normalized spacial score (nSPS) is 13.0. The molecule has 1 fully saturated rings. The van der Waals surface area contributed by atoms with Crippen LogP contribution in [0.5, 0.6) is 0 Å². The Morgan fingerprint density at radius 1 is 0.776 bits per heavy atom. The molecule has 0 aliphatic heterocycles. The van der Waals surface area contributed by atoms with Crippen molar-refractivity contribution in [2.24, 2.45) is 11.0 Å². The Morgan fingerprint density at radius 3 is 2.24 bits per heavy atom. The number of anilines is 1. The first-order chi connectivity index (χ1) is 32.7. The second-order valence-corrected chi connectivity index (χ2v) is 18.9. The molecule has 1 aromatic heterocycles. The molecule has 0 N–H and O–H groups in total. The first kappa shape index (κ1) is 47.1. The van der Waals surface area contributed by atoms with E-state index in [1.807, 2.05) is 79.0 Å². The lowest BCUT2D eigenvalue weighted by molar-refractivity contribution is -0.139. The van der Waals surface area contributed by atoms with Crippen molar-refractivity contribution in [3.05, 3.63) is 167 Å². The minimum absolute atomic E-state index is 0.273. The number of fused-ring (bicyclic) bond motifs is 2. The zero-order chi connectivity index (χ0) is 46.5. The van der Waals surface area contributed by atoms with Gasteiger partial charge in [0, 0.05) is 39.8 Å². The van der Waals surface area contributed by atoms with Gasteiger partial charge in [-0.05, 0) is 146 Å². The van der Waals surface area contributed by atoms with Crippen LogP contribution in [0, 0.1) is 29.4 Å². The van der Waals surface area contributed by atoms with E-state index < -0.39 is 0 Å². The van der Waals surface area contributed by atoms with Crippen molar-refractivity contribution < 1.29 is 18.3 Å². The number of thiazole rings is 1. The molecule has 342 valence electrons. The van der Waals surface area contributed by atoms with Crippen LogP contribution in [0.15, 0.2) is 133 Å². The van der Waals surface area contributed by atoms with Crippen molar-refractivity contribution in [1.82, 2.24) is 4.98 Å². The maximum absolute atomic E-state index is 16.5. The Bertz CT molecular complexity index is 2890. The minimum Gasteiger partial charge on any atom is -0.462 e. The monoisotopic (exact) mass is 911 g/mol. The second-order valence-electron chi connectivity index (χ2n) is 17.9. The number of nitrogens with zero attached hydrogens (tertiary/aromatic N) is 3. The van der Waals surface area contributed by atoms with Gasteiger partial charge in [0.05, 0.1) is 23.0 Å². The molecule has 0 spiro atoms. The number of carbonyl (C=O) groups excluding carboxylic acids is 1. The second kappa shape index (κ2) is 22.8. The molecule has 7 aromatic rings. The summed E-state index contributed by atoms with van der Waals surface area (Å²) in [4.78, 5) is 16.6. The standard InChI is InChI=1S/C59H59F2N3O2S/c1-4-5-8-15-42-23-31-48(32-24-42)51-38-55(61)52-36-45(22-21-43-25-29-47(30-26-43)49-33-27-44(37-54(49)60)16-11-7-14-35-66-58(65)41(2)3)28-34-50(52)53(51)39-62-64(40-46-17-9-6-10-18-46)59-63-56-19-12-13-20-57(56)67-59/h12-13,19-20,23-34,36-39,46H,2,4-11,14-18,35,40H2,1,3H3/b62-39+. The minimum atomic E-state index is -0.367. The quantitative estimate of drug-likeness (QED) is 0.0215. The van der Waals surface area contributed by atoms with E-state index in [2.05, 4.69) is 60.7 Å². The van der Waals surface area contributed by atoms with Crippen LogP contribution in [-0.4, -0.2) is 30.3 Å². The highest BCUT2D eigenvalue weighted by molar-refractivity contribution is 7.22. The van der Waals surface area contributed by atoms with Gasteiger partial charge < -0.3 is 4.74 Å². The summed E-state index contributed by atoms with van der Waals surface area (Å²) in [5.41, 5.74) is 8.88. The molecule has 0 radical (unpaired) electrons. The van der Waals surface area contributed by atoms with Gasteiger partial charge in [-0.25, -0.2) is 23.6 Å². The summed E-state index contributed by atoms with van der Waals surface area (Å²) < 4.78 is 38.1. The molecule has 1 saturated carbocycles. The highest BCUT2D eigenvalue weighted by atomic mass is 32.1. The van der Waals surface area contributed by atoms with Gasteiger partial charge in [-0.3, -0.25) is 0 Å². The molecule has 0 atom stereocenters. The number of halogens is 2. The number of benzene rings is 6. The Morgan fingerprint density at radius 2 is 1.48 bits per heavy atom. The third kappa shape index (κ3) is 12.3. The summed E-state index contributed by atoms with van der Waals surface area (Å²) in [5.74, 6) is 6.06. The summed E-state index contributed by atoms with van der Waals surface area (Å²) in [6.07, 6.45) is 15.8. The SMILES string of the molecule is C=C(C)C(=O)OCCCCCc1ccc(-c2ccc(C#Cc3ccc4c(/C=N/N(CC5CCCCC5)c5nc6ccccc6s5)c(-c5ccc(CCCCC)cc5)cc(F)c4c3)cc2)c(F)c1. The predicted molar refractivity (Wildman–Crippen MR) is 275 cm³/mol. The largest absolute Gasteiger partial charge is 0.462 e. The van der Waals surface area contributed by atoms with Crippen LogP contribution in [0.4, 0.5) is 13.9 Å². The maximum atomic E-state index is 16.5. The van der Waals surface area contributed by atoms with Gasteiger partial charge in [0.2, 0.25) is 5.13 Å². The molecule has 5 nitrogen and oxygen atoms in total. The van der Waals surface area contributed by atoms with Crippen LogP contribution in [0.25, 0.3) is 43.2 Å². The highest BCUT2D eigenvalue weighted by Crippen LogP contribution is 2.35. The topological polar surface area (TPSA) is 54.8 Å². The van der Waals surface area contributed by atoms with Gasteiger partial charge in [-0.1, -0.05) is 136 Å². The molecule has 8 heteroatoms. The average Bonchev–Trinajstić information content (AvgIpc) is 3.79. The lowest BCUT2D eigenvalue weighted by atomic mass is 9.89. The van der Waals surface area contributed by atoms with E-state index in [-0.39, 0.29) is 17.6 Å². The van der Waals surface area contributed by atoms with E-state index in [4.69, 9.17) is 14.8 Å². The number of para-hydroxylation sites is 1. The Labute approximate surface area is 398 Å². The van der Waals surface area contributed by atoms with Crippen LogP contribution < -0.4 is 5.01 Å². The fourth-order valence-corrected chi connectivity index (χ4v) is 9.83. The van der Waals surface area contributed by atoms with E-state index in [1.54, 1.807) is 30.4 Å². The lowest BCUT2D eigenvalue weighted by Gasteiger charge is -2.26. The fraction of sp³-hybridized carbons (Fsp3) is 0.305. The Kier molecular flexibility index (Phi) is 16.1. The molecule has 6 aromatic carbocycles. The summed E-state index contributed by atoms with van der Waals surface area (Å²) in [6.45, 7) is 8.58. The molecule has 1 aliphatic carbocycles. The zero-order valence-corrected chi connectivity index (χ0v) is 39.6. The molecule has 1 heterocycles. The van der Waals surface area contributed by atoms with Crippen molar-refractivity contribution in [1.29, 1.82) is 0 Å². The molecule has 8 rings (SSSR count). The summed E-state index contributed by atoms with van der Waals surface area (Å²) >= 11 is 1.65. The third-order valence-corrected chi connectivity index (χ3v) is 13.8. The van der Waals surface area contributed by atoms with Crippen molar-refractivity contribution in [2.45, 2.75) is 97.3 Å². The van der Waals surface area contributed by atoms with Gasteiger partial charge in [-0.2, -0.15) is 5.10 Å². The van der Waals surface area contributed by atoms with Crippen molar-refractivity contribution in [3.8, 4) is 34.1 Å². The number of aryl methyl sites for hydroxylation is 2. The fourth-order valence-electron chi connectivity index (χ4n) is 8.90. The Balaban J connectivity index is 1.04. The summed E-state index contributed by atoms with van der Waals surface area (Å²) in [6, 6.07) is 37.1. The molecular weight excluding hydrogens is 853 g/mol. The smallest absolute Gasteiger partial charge is 0.333 e. The van der Waals surface area contributed by atoms with Crippen LogP contribution >= 0.6 is 11.3 Å². The zero-order valence-electron chi connectivity index (χ0n) is 38.8. The molecule has 0 saturated heterocycles. The van der Waals surface area contributed by atoms with E-state index in [0.717, 1.165) is 99.2 Å². The average molecular weight is 912 g/mol. The van der Waals surface area contributed by atoms with Crippen molar-refractivity contribution in [3.63, 3.8) is 0 Å². The number of ether oxygens (including phenoxy) is 1. The lowest BCUT2D eigenvalue weighted by Crippen LogP contribution is -2.26. The van der Waals surface area contributed by atoms with E-state index >= 15 is 8.78 Å². The molecule has 1 aliphatic rings. The first-order valence-electron chi connectivity index (χ1n) is 24.0. The number of unbranched alkanes of at least 4 members (excludes halogenated alkanes) is 4. The van der Waals surface area contributed by atoms with E-state index in [0.29, 0.717) is 34.6 Å². The molecule has 0 unspecified atom stereocenters. The summed E-state index contributed by atoms with van der Waals surface area (Å²) in [5, 5.41) is 9.40. The van der Waals surface area contributed by atoms with Crippen molar-refractivity contribution >= 4 is 49.6 Å². The number of hydrazone groups is 1. The van der Waals surface area contributed by atoms with Crippen LogP contribution in [0.3, 0.4) is 0 Å². The molecule has 0 bridgehead atoms. The van der Waals surface area contributed by atoms with Gasteiger partial charge >= 0.3 is 5.97 Å². The van der Waals surface area contributed by atoms with Crippen LogP contribution in [-0.2, 0) is 22.4 Å². The van der Waals surface area contributed by atoms with Gasteiger partial charge in [0.15, 0.2) is 0 Å². The van der Waals surface area contributed by atoms with Gasteiger partial charge in [-0.15, -0.1) is 0 Å². The number of hydrogen-bond donors (Lipinski definition) is 0. The molecule has 0 amide bonds. The van der Waals surface area contributed by atoms with Gasteiger partial charge in [0.1, 0.15) is 11.6 Å². The third-order valence-electron chi connectivity index (χ3n) is 12.7.